The van der Waals surface area contributed by atoms with Crippen molar-refractivity contribution in [2.75, 3.05) is 0 Å². The first-order valence-electron chi connectivity index (χ1n) is 6.40. The van der Waals surface area contributed by atoms with Crippen LogP contribution in [0.3, 0.4) is 0 Å². The molecule has 0 aliphatic heterocycles. The first kappa shape index (κ1) is 15.5. The van der Waals surface area contributed by atoms with Crippen LogP contribution in [0.15, 0.2) is 52.1 Å². The number of hydrogen-bond acceptors (Lipinski definition) is 3. The maximum Gasteiger partial charge on any atom is 0.127 e. The van der Waals surface area contributed by atoms with Gasteiger partial charge in [-0.1, -0.05) is 36.9 Å². The van der Waals surface area contributed by atoms with Gasteiger partial charge in [0, 0.05) is 22.3 Å². The molecule has 106 valence electrons. The predicted octanol–water partition coefficient (Wildman–Crippen LogP) is 4.55. The SMILES string of the molecule is CCC(N)C(Sc1ncccc1Br)c1ccccc1F. The van der Waals surface area contributed by atoms with Crippen molar-refractivity contribution in [2.24, 2.45) is 5.73 Å². The summed E-state index contributed by atoms with van der Waals surface area (Å²) in [5.41, 5.74) is 6.81. The van der Waals surface area contributed by atoms with Crippen LogP contribution in [0, 0.1) is 5.82 Å². The Morgan fingerprint density at radius 3 is 2.70 bits per heavy atom. The van der Waals surface area contributed by atoms with E-state index in [4.69, 9.17) is 5.73 Å². The van der Waals surface area contributed by atoms with Gasteiger partial charge in [0.05, 0.1) is 5.25 Å². The summed E-state index contributed by atoms with van der Waals surface area (Å²) < 4.78 is 14.9. The molecule has 2 nitrogen and oxygen atoms in total. The second-order valence-electron chi connectivity index (χ2n) is 4.42. The highest BCUT2D eigenvalue weighted by Gasteiger charge is 2.24. The molecule has 0 aliphatic carbocycles. The molecule has 2 N–H and O–H groups in total. The zero-order valence-corrected chi connectivity index (χ0v) is 13.5. The Hall–Kier alpha value is -0.910. The van der Waals surface area contributed by atoms with Crippen LogP contribution >= 0.6 is 27.7 Å². The molecule has 0 fully saturated rings. The number of thioether (sulfide) groups is 1. The van der Waals surface area contributed by atoms with Crippen LogP contribution in [-0.4, -0.2) is 11.0 Å². The van der Waals surface area contributed by atoms with E-state index in [1.807, 2.05) is 25.1 Å². The summed E-state index contributed by atoms with van der Waals surface area (Å²) >= 11 is 4.96. The van der Waals surface area contributed by atoms with Gasteiger partial charge in [-0.25, -0.2) is 9.37 Å². The van der Waals surface area contributed by atoms with Crippen molar-refractivity contribution in [3.63, 3.8) is 0 Å². The third-order valence-electron chi connectivity index (χ3n) is 3.04. The highest BCUT2D eigenvalue weighted by molar-refractivity contribution is 9.10. The van der Waals surface area contributed by atoms with Gasteiger partial charge in [0.2, 0.25) is 0 Å². The van der Waals surface area contributed by atoms with E-state index < -0.39 is 0 Å². The van der Waals surface area contributed by atoms with E-state index in [0.29, 0.717) is 5.56 Å². The van der Waals surface area contributed by atoms with Crippen molar-refractivity contribution in [1.82, 2.24) is 4.98 Å². The van der Waals surface area contributed by atoms with Gasteiger partial charge in [0.15, 0.2) is 0 Å². The second kappa shape index (κ2) is 7.20. The summed E-state index contributed by atoms with van der Waals surface area (Å²) in [6.45, 7) is 2.01. The zero-order valence-electron chi connectivity index (χ0n) is 11.1. The smallest absolute Gasteiger partial charge is 0.127 e. The van der Waals surface area contributed by atoms with E-state index in [1.165, 1.54) is 17.8 Å². The lowest BCUT2D eigenvalue weighted by Gasteiger charge is -2.23. The van der Waals surface area contributed by atoms with E-state index in [-0.39, 0.29) is 17.1 Å². The summed E-state index contributed by atoms with van der Waals surface area (Å²) in [6.07, 6.45) is 2.50. The number of nitrogens with zero attached hydrogens (tertiary/aromatic N) is 1. The van der Waals surface area contributed by atoms with Crippen molar-refractivity contribution in [2.45, 2.75) is 29.7 Å². The lowest BCUT2D eigenvalue weighted by atomic mass is 10.0. The molecule has 1 aromatic heterocycles. The van der Waals surface area contributed by atoms with Crippen LogP contribution in [0.4, 0.5) is 4.39 Å². The minimum Gasteiger partial charge on any atom is -0.326 e. The molecule has 1 aromatic carbocycles. The molecule has 0 bridgehead atoms. The lowest BCUT2D eigenvalue weighted by molar-refractivity contribution is 0.572. The van der Waals surface area contributed by atoms with E-state index in [0.717, 1.165) is 15.9 Å². The number of benzene rings is 1. The van der Waals surface area contributed by atoms with Gasteiger partial charge in [-0.2, -0.15) is 0 Å². The fourth-order valence-corrected chi connectivity index (χ4v) is 3.64. The first-order valence-corrected chi connectivity index (χ1v) is 8.08. The Bertz CT molecular complexity index is 579. The Labute approximate surface area is 131 Å². The molecule has 2 rings (SSSR count). The zero-order chi connectivity index (χ0) is 14.5. The predicted molar refractivity (Wildman–Crippen MR) is 85.2 cm³/mol. The molecule has 0 radical (unpaired) electrons. The number of rotatable bonds is 5. The average Bonchev–Trinajstić information content (AvgIpc) is 2.47. The van der Waals surface area contributed by atoms with Gasteiger partial charge in [-0.05, 0) is 40.5 Å². The standard InChI is InChI=1S/C15H16BrFN2S/c1-2-13(18)14(10-6-3-4-8-12(10)17)20-15-11(16)7-5-9-19-15/h3-9,13-14H,2,18H2,1H3. The largest absolute Gasteiger partial charge is 0.326 e. The Kier molecular flexibility index (Phi) is 5.57. The molecule has 0 spiro atoms. The topological polar surface area (TPSA) is 38.9 Å². The summed E-state index contributed by atoms with van der Waals surface area (Å²) in [6, 6.07) is 10.4. The molecule has 1 heterocycles. The van der Waals surface area contributed by atoms with Crippen LogP contribution < -0.4 is 5.73 Å². The molecule has 0 amide bonds. The molecule has 20 heavy (non-hydrogen) atoms. The molecule has 5 heteroatoms. The van der Waals surface area contributed by atoms with Crippen LogP contribution in [-0.2, 0) is 0 Å². The maximum absolute atomic E-state index is 14.0. The molecule has 2 aromatic rings. The molecule has 2 atom stereocenters. The van der Waals surface area contributed by atoms with Gasteiger partial charge in [0.25, 0.3) is 0 Å². The molecule has 0 saturated heterocycles. The highest BCUT2D eigenvalue weighted by atomic mass is 79.9. The van der Waals surface area contributed by atoms with Crippen molar-refractivity contribution in [3.8, 4) is 0 Å². The monoisotopic (exact) mass is 354 g/mol. The van der Waals surface area contributed by atoms with Gasteiger partial charge in [-0.3, -0.25) is 0 Å². The lowest BCUT2D eigenvalue weighted by Crippen LogP contribution is -2.26. The molecular weight excluding hydrogens is 339 g/mol. The van der Waals surface area contributed by atoms with Gasteiger partial charge < -0.3 is 5.73 Å². The summed E-state index contributed by atoms with van der Waals surface area (Å²) in [4.78, 5) is 4.33. The molecule has 2 unspecified atom stereocenters. The Morgan fingerprint density at radius 2 is 2.05 bits per heavy atom. The Morgan fingerprint density at radius 1 is 1.30 bits per heavy atom. The number of halogens is 2. The Balaban J connectivity index is 2.35. The number of aromatic nitrogens is 1. The van der Waals surface area contributed by atoms with Gasteiger partial charge in [0.1, 0.15) is 10.8 Å². The van der Waals surface area contributed by atoms with Crippen molar-refractivity contribution in [1.29, 1.82) is 0 Å². The van der Waals surface area contributed by atoms with Crippen LogP contribution in [0.1, 0.15) is 24.2 Å². The van der Waals surface area contributed by atoms with Gasteiger partial charge >= 0.3 is 0 Å². The van der Waals surface area contributed by atoms with Crippen molar-refractivity contribution in [3.05, 3.63) is 58.4 Å². The van der Waals surface area contributed by atoms with Crippen LogP contribution in [0.2, 0.25) is 0 Å². The first-order chi connectivity index (χ1) is 9.63. The minimum absolute atomic E-state index is 0.134. The molecule has 0 saturated carbocycles. The molecular formula is C15H16BrFN2S. The van der Waals surface area contributed by atoms with Crippen molar-refractivity contribution < 1.29 is 4.39 Å². The summed E-state index contributed by atoms with van der Waals surface area (Å²) in [7, 11) is 0. The van der Waals surface area contributed by atoms with Crippen molar-refractivity contribution >= 4 is 27.7 Å². The van der Waals surface area contributed by atoms with Gasteiger partial charge in [-0.15, -0.1) is 0 Å². The third-order valence-corrected chi connectivity index (χ3v) is 5.34. The fraction of sp³-hybridized carbons (Fsp3) is 0.267. The van der Waals surface area contributed by atoms with Crippen LogP contribution in [0.25, 0.3) is 0 Å². The maximum atomic E-state index is 14.0. The van der Waals surface area contributed by atoms with E-state index >= 15 is 0 Å². The number of pyridine rings is 1. The number of nitrogens with two attached hydrogens (primary N) is 1. The van der Waals surface area contributed by atoms with E-state index in [2.05, 4.69) is 20.9 Å². The minimum atomic E-state index is -0.221. The van der Waals surface area contributed by atoms with E-state index in [9.17, 15) is 4.39 Å². The van der Waals surface area contributed by atoms with Crippen LogP contribution in [0.5, 0.6) is 0 Å². The summed E-state index contributed by atoms with van der Waals surface area (Å²) in [5.74, 6) is -0.221. The normalized spacial score (nSPS) is 14.0. The molecule has 0 aliphatic rings. The average molecular weight is 355 g/mol. The quantitative estimate of drug-likeness (QED) is 0.800. The second-order valence-corrected chi connectivity index (χ2v) is 6.41. The fourth-order valence-electron chi connectivity index (χ4n) is 1.88. The van der Waals surface area contributed by atoms with E-state index in [1.54, 1.807) is 18.3 Å². The highest BCUT2D eigenvalue weighted by Crippen LogP contribution is 2.40. The summed E-state index contributed by atoms with van der Waals surface area (Å²) in [5, 5.41) is 0.664. The number of hydrogen-bond donors (Lipinski definition) is 1. The third kappa shape index (κ3) is 3.59.